The van der Waals surface area contributed by atoms with Gasteiger partial charge in [-0.2, -0.15) is 0 Å². The van der Waals surface area contributed by atoms with Gasteiger partial charge >= 0.3 is 5.97 Å². The Hall–Kier alpha value is -2.02. The molecule has 1 aliphatic heterocycles. The van der Waals surface area contributed by atoms with Crippen LogP contribution < -0.4 is 5.56 Å². The summed E-state index contributed by atoms with van der Waals surface area (Å²) in [6.45, 7) is 7.47. The highest BCUT2D eigenvalue weighted by Gasteiger charge is 2.26. The van der Waals surface area contributed by atoms with Gasteiger partial charge in [0.2, 0.25) is 0 Å². The fourth-order valence-corrected chi connectivity index (χ4v) is 3.77. The Morgan fingerprint density at radius 2 is 2.04 bits per heavy atom. The molecule has 128 valence electrons. The van der Waals surface area contributed by atoms with Crippen molar-refractivity contribution < 1.29 is 14.3 Å². The second-order valence-corrected chi connectivity index (χ2v) is 8.07. The first kappa shape index (κ1) is 16.8. The van der Waals surface area contributed by atoms with Gasteiger partial charge in [-0.25, -0.2) is 9.78 Å². The summed E-state index contributed by atoms with van der Waals surface area (Å²) in [7, 11) is 0. The van der Waals surface area contributed by atoms with E-state index < -0.39 is 11.4 Å². The van der Waals surface area contributed by atoms with Crippen LogP contribution in [0.15, 0.2) is 4.79 Å². The van der Waals surface area contributed by atoms with Crippen molar-refractivity contribution in [2.75, 3.05) is 6.61 Å². The van der Waals surface area contributed by atoms with Crippen LogP contribution in [-0.2, 0) is 22.5 Å². The third kappa shape index (κ3) is 2.77. The number of hydrogen-bond donors (Lipinski definition) is 0. The quantitative estimate of drug-likeness (QED) is 0.796. The van der Waals surface area contributed by atoms with Gasteiger partial charge in [0, 0.05) is 18.4 Å². The van der Waals surface area contributed by atoms with E-state index in [2.05, 4.69) is 4.98 Å². The fraction of sp³-hybridized carbons (Fsp3) is 0.529. The van der Waals surface area contributed by atoms with E-state index in [-0.39, 0.29) is 17.9 Å². The zero-order valence-corrected chi connectivity index (χ0v) is 15.1. The molecular formula is C17H20N2O4S. The van der Waals surface area contributed by atoms with Crippen molar-refractivity contribution in [1.29, 1.82) is 0 Å². The second-order valence-electron chi connectivity index (χ2n) is 7.07. The van der Waals surface area contributed by atoms with Crippen LogP contribution in [-0.4, -0.2) is 27.9 Å². The number of Topliss-reactive ketones (excluding diaryl/α,β-unsaturated/α-hetero) is 1. The molecule has 0 saturated heterocycles. The number of aryl methyl sites for hydroxylation is 2. The second kappa shape index (κ2) is 5.81. The topological polar surface area (TPSA) is 78.3 Å². The Balaban J connectivity index is 1.92. The zero-order chi connectivity index (χ0) is 17.6. The number of esters is 1. The Labute approximate surface area is 143 Å². The lowest BCUT2D eigenvalue weighted by molar-refractivity contribution is -0.129. The van der Waals surface area contributed by atoms with Gasteiger partial charge in [-0.3, -0.25) is 14.2 Å². The number of carbonyl (C=O) groups excluding carboxylic acids is 2. The predicted molar refractivity (Wildman–Crippen MR) is 91.7 cm³/mol. The molecule has 0 unspecified atom stereocenters. The van der Waals surface area contributed by atoms with Gasteiger partial charge in [0.1, 0.15) is 15.5 Å². The average molecular weight is 348 g/mol. The van der Waals surface area contributed by atoms with Gasteiger partial charge in [-0.1, -0.05) is 20.8 Å². The number of ether oxygens (including phenoxy) is 1. The van der Waals surface area contributed by atoms with Crippen LogP contribution in [0.25, 0.3) is 10.2 Å². The van der Waals surface area contributed by atoms with Crippen molar-refractivity contribution >= 4 is 33.3 Å². The Morgan fingerprint density at radius 1 is 1.33 bits per heavy atom. The van der Waals surface area contributed by atoms with Gasteiger partial charge in [0.15, 0.2) is 12.4 Å². The van der Waals surface area contributed by atoms with Crippen molar-refractivity contribution in [3.63, 3.8) is 0 Å². The Bertz CT molecular complexity index is 902. The largest absolute Gasteiger partial charge is 0.453 e. The first-order chi connectivity index (χ1) is 11.2. The Morgan fingerprint density at radius 3 is 2.71 bits per heavy atom. The summed E-state index contributed by atoms with van der Waals surface area (Å²) in [5, 5.41) is 0.486. The summed E-state index contributed by atoms with van der Waals surface area (Å²) in [5.41, 5.74) is -0.0644. The zero-order valence-electron chi connectivity index (χ0n) is 14.3. The van der Waals surface area contributed by atoms with Crippen molar-refractivity contribution in [2.45, 2.75) is 47.1 Å². The van der Waals surface area contributed by atoms with Gasteiger partial charge < -0.3 is 4.74 Å². The number of fused-ring (bicyclic) bond motifs is 2. The van der Waals surface area contributed by atoms with Crippen LogP contribution in [0, 0.1) is 12.3 Å². The van der Waals surface area contributed by atoms with Gasteiger partial charge in [-0.15, -0.1) is 11.3 Å². The summed E-state index contributed by atoms with van der Waals surface area (Å²) in [6.07, 6.45) is 1.70. The molecule has 0 radical (unpaired) electrons. The lowest BCUT2D eigenvalue weighted by Crippen LogP contribution is -2.26. The molecule has 0 atom stereocenters. The lowest BCUT2D eigenvalue weighted by atomic mass is 9.91. The van der Waals surface area contributed by atoms with Crippen molar-refractivity contribution in [3.8, 4) is 0 Å². The highest BCUT2D eigenvalue weighted by molar-refractivity contribution is 7.20. The van der Waals surface area contributed by atoms with Gasteiger partial charge in [0.05, 0.1) is 5.39 Å². The molecule has 0 N–H and O–H groups in total. The van der Waals surface area contributed by atoms with E-state index in [1.54, 1.807) is 32.3 Å². The molecule has 6 nitrogen and oxygen atoms in total. The maximum atomic E-state index is 12.6. The van der Waals surface area contributed by atoms with E-state index in [4.69, 9.17) is 4.74 Å². The van der Waals surface area contributed by atoms with Crippen molar-refractivity contribution in [2.24, 2.45) is 5.41 Å². The third-order valence-corrected chi connectivity index (χ3v) is 5.43. The normalized spacial score (nSPS) is 14.0. The number of nitrogens with zero attached hydrogens (tertiary/aromatic N) is 2. The predicted octanol–water partition coefficient (Wildman–Crippen LogP) is 2.48. The van der Waals surface area contributed by atoms with Crippen LogP contribution >= 0.6 is 11.3 Å². The molecule has 0 aliphatic carbocycles. The molecule has 0 spiro atoms. The molecule has 1 aliphatic rings. The van der Waals surface area contributed by atoms with Crippen LogP contribution in [0.2, 0.25) is 0 Å². The minimum atomic E-state index is -0.572. The van der Waals surface area contributed by atoms with Gasteiger partial charge in [0.25, 0.3) is 5.56 Å². The standard InChI is InChI=1S/C17H20N2O4S/c1-9-12-14(18-11-6-5-7-19(11)15(12)21)24-13(9)16(22)23-8-10(20)17(2,3)4/h5-8H2,1-4H3. The molecule has 2 aromatic heterocycles. The number of hydrogen-bond acceptors (Lipinski definition) is 6. The lowest BCUT2D eigenvalue weighted by Gasteiger charge is -2.15. The highest BCUT2D eigenvalue weighted by Crippen LogP contribution is 2.29. The molecule has 0 aromatic carbocycles. The molecule has 3 rings (SSSR count). The maximum Gasteiger partial charge on any atom is 0.349 e. The number of rotatable bonds is 3. The first-order valence-corrected chi connectivity index (χ1v) is 8.75. The van der Waals surface area contributed by atoms with E-state index in [0.717, 1.165) is 30.0 Å². The number of ketones is 1. The number of carbonyl (C=O) groups is 2. The molecule has 24 heavy (non-hydrogen) atoms. The molecule has 0 bridgehead atoms. The molecule has 0 fully saturated rings. The summed E-state index contributed by atoms with van der Waals surface area (Å²) < 4.78 is 6.83. The average Bonchev–Trinajstić information content (AvgIpc) is 3.09. The molecule has 0 saturated carbocycles. The van der Waals surface area contributed by atoms with Gasteiger partial charge in [-0.05, 0) is 18.9 Å². The van der Waals surface area contributed by atoms with E-state index in [1.807, 2.05) is 0 Å². The molecule has 7 heteroatoms. The molecule has 0 amide bonds. The van der Waals surface area contributed by atoms with E-state index in [9.17, 15) is 14.4 Å². The van der Waals surface area contributed by atoms with E-state index in [1.165, 1.54) is 0 Å². The summed E-state index contributed by atoms with van der Waals surface area (Å²) >= 11 is 1.16. The van der Waals surface area contributed by atoms with Crippen LogP contribution in [0.3, 0.4) is 0 Å². The molecule has 2 aromatic rings. The van der Waals surface area contributed by atoms with Crippen LogP contribution in [0.4, 0.5) is 0 Å². The monoisotopic (exact) mass is 348 g/mol. The first-order valence-electron chi connectivity index (χ1n) is 7.93. The number of aromatic nitrogens is 2. The highest BCUT2D eigenvalue weighted by atomic mass is 32.1. The third-order valence-electron chi connectivity index (χ3n) is 4.27. The fourth-order valence-electron chi connectivity index (χ4n) is 2.68. The SMILES string of the molecule is Cc1c(C(=O)OCC(=O)C(C)(C)C)sc2nc3n(c(=O)c12)CCC3. The van der Waals surface area contributed by atoms with Crippen molar-refractivity contribution in [1.82, 2.24) is 9.55 Å². The maximum absolute atomic E-state index is 12.6. The summed E-state index contributed by atoms with van der Waals surface area (Å²) in [6, 6.07) is 0. The molecule has 3 heterocycles. The smallest absolute Gasteiger partial charge is 0.349 e. The van der Waals surface area contributed by atoms with E-state index in [0.29, 0.717) is 27.2 Å². The Kier molecular flexibility index (Phi) is 4.07. The van der Waals surface area contributed by atoms with Crippen LogP contribution in [0.5, 0.6) is 0 Å². The summed E-state index contributed by atoms with van der Waals surface area (Å²) in [5.74, 6) is 0.0565. The number of thiophene rings is 1. The van der Waals surface area contributed by atoms with Crippen LogP contribution in [0.1, 0.15) is 48.3 Å². The van der Waals surface area contributed by atoms with Crippen molar-refractivity contribution in [3.05, 3.63) is 26.6 Å². The minimum absolute atomic E-state index is 0.0916. The van der Waals surface area contributed by atoms with E-state index >= 15 is 0 Å². The summed E-state index contributed by atoms with van der Waals surface area (Å²) in [4.78, 5) is 42.3. The molecular weight excluding hydrogens is 328 g/mol. The minimum Gasteiger partial charge on any atom is -0.453 e.